The largest absolute Gasteiger partial charge is 0.376 e. The first-order valence-corrected chi connectivity index (χ1v) is 11.2. The molecule has 5 nitrogen and oxygen atoms in total. The average molecular weight is 436 g/mol. The molecule has 1 fully saturated rings. The lowest BCUT2D eigenvalue weighted by molar-refractivity contribution is 0.0904. The molecule has 162 valence electrons. The van der Waals surface area contributed by atoms with Crippen LogP contribution in [-0.2, 0) is 11.3 Å². The zero-order valence-electron chi connectivity index (χ0n) is 18.3. The van der Waals surface area contributed by atoms with Gasteiger partial charge in [-0.2, -0.15) is 0 Å². The Morgan fingerprint density at radius 2 is 2.00 bits per heavy atom. The molecular formula is C25H29N3O2S. The Balaban J connectivity index is 1.62. The molecule has 1 saturated heterocycles. The van der Waals surface area contributed by atoms with Crippen LogP contribution in [0.1, 0.15) is 35.1 Å². The van der Waals surface area contributed by atoms with Gasteiger partial charge in [0.05, 0.1) is 12.6 Å². The number of pyridine rings is 1. The molecule has 2 aromatic carbocycles. The number of nitrogens with one attached hydrogen (secondary N) is 2. The van der Waals surface area contributed by atoms with Crippen LogP contribution in [-0.4, -0.2) is 34.3 Å². The van der Waals surface area contributed by atoms with Crippen molar-refractivity contribution in [3.05, 3.63) is 75.1 Å². The van der Waals surface area contributed by atoms with Crippen LogP contribution in [0.15, 0.2) is 47.3 Å². The van der Waals surface area contributed by atoms with Gasteiger partial charge in [0.15, 0.2) is 5.11 Å². The number of hydrogen-bond acceptors (Lipinski definition) is 3. The quantitative estimate of drug-likeness (QED) is 0.562. The maximum Gasteiger partial charge on any atom is 0.253 e. The van der Waals surface area contributed by atoms with Gasteiger partial charge in [0.1, 0.15) is 0 Å². The van der Waals surface area contributed by atoms with Crippen LogP contribution >= 0.6 is 12.2 Å². The highest BCUT2D eigenvalue weighted by atomic mass is 32.1. The van der Waals surface area contributed by atoms with Crippen molar-refractivity contribution in [1.29, 1.82) is 0 Å². The van der Waals surface area contributed by atoms with Crippen LogP contribution in [0.25, 0.3) is 10.9 Å². The van der Waals surface area contributed by atoms with E-state index in [9.17, 15) is 4.79 Å². The summed E-state index contributed by atoms with van der Waals surface area (Å²) < 4.78 is 5.85. The molecule has 1 aliphatic heterocycles. The van der Waals surface area contributed by atoms with Crippen molar-refractivity contribution in [1.82, 2.24) is 9.88 Å². The van der Waals surface area contributed by atoms with Gasteiger partial charge in [-0.05, 0) is 98.2 Å². The smallest absolute Gasteiger partial charge is 0.253 e. The van der Waals surface area contributed by atoms with E-state index in [4.69, 9.17) is 17.0 Å². The molecule has 4 rings (SSSR count). The molecule has 0 radical (unpaired) electrons. The highest BCUT2D eigenvalue weighted by Gasteiger charge is 2.22. The zero-order valence-corrected chi connectivity index (χ0v) is 19.1. The molecular weight excluding hydrogens is 406 g/mol. The van der Waals surface area contributed by atoms with Gasteiger partial charge in [0.25, 0.3) is 5.56 Å². The molecule has 2 heterocycles. The Morgan fingerprint density at radius 3 is 2.74 bits per heavy atom. The topological polar surface area (TPSA) is 57.4 Å². The Labute approximate surface area is 188 Å². The van der Waals surface area contributed by atoms with E-state index >= 15 is 0 Å². The van der Waals surface area contributed by atoms with Crippen molar-refractivity contribution in [3.63, 3.8) is 0 Å². The third-order valence-corrected chi connectivity index (χ3v) is 6.26. The number of fused-ring (bicyclic) bond motifs is 1. The van der Waals surface area contributed by atoms with Gasteiger partial charge in [-0.3, -0.25) is 4.79 Å². The lowest BCUT2D eigenvalue weighted by atomic mass is 10.0. The van der Waals surface area contributed by atoms with Crippen LogP contribution in [0.2, 0.25) is 0 Å². The molecule has 0 bridgehead atoms. The van der Waals surface area contributed by atoms with E-state index in [2.05, 4.69) is 49.3 Å². The first-order valence-electron chi connectivity index (χ1n) is 10.8. The minimum Gasteiger partial charge on any atom is -0.376 e. The Kier molecular flexibility index (Phi) is 6.39. The number of hydrogen-bond donors (Lipinski definition) is 2. The molecule has 0 amide bonds. The van der Waals surface area contributed by atoms with Crippen molar-refractivity contribution >= 4 is 33.9 Å². The number of aryl methyl sites for hydroxylation is 3. The van der Waals surface area contributed by atoms with E-state index in [1.165, 1.54) is 11.1 Å². The average Bonchev–Trinajstić information content (AvgIpc) is 3.23. The number of aromatic nitrogens is 1. The molecule has 1 atom stereocenters. The minimum atomic E-state index is -0.0774. The first kappa shape index (κ1) is 21.5. The van der Waals surface area contributed by atoms with Crippen molar-refractivity contribution in [2.75, 3.05) is 18.5 Å². The van der Waals surface area contributed by atoms with Gasteiger partial charge in [-0.15, -0.1) is 0 Å². The molecule has 0 saturated carbocycles. The number of anilines is 1. The summed E-state index contributed by atoms with van der Waals surface area (Å²) in [5, 5.41) is 4.97. The zero-order chi connectivity index (χ0) is 22.0. The number of aromatic amines is 1. The Morgan fingerprint density at radius 1 is 1.19 bits per heavy atom. The normalized spacial score (nSPS) is 15.9. The molecule has 0 spiro atoms. The van der Waals surface area contributed by atoms with Gasteiger partial charge in [-0.1, -0.05) is 12.1 Å². The second-order valence-electron chi connectivity index (χ2n) is 8.46. The highest BCUT2D eigenvalue weighted by molar-refractivity contribution is 7.80. The highest BCUT2D eigenvalue weighted by Crippen LogP contribution is 2.20. The predicted octanol–water partition coefficient (Wildman–Crippen LogP) is 4.83. The van der Waals surface area contributed by atoms with Crippen LogP contribution < -0.4 is 10.9 Å². The lowest BCUT2D eigenvalue weighted by Gasteiger charge is -2.28. The van der Waals surface area contributed by atoms with E-state index in [0.29, 0.717) is 23.8 Å². The fourth-order valence-electron chi connectivity index (χ4n) is 4.02. The lowest BCUT2D eigenvalue weighted by Crippen LogP contribution is -2.40. The van der Waals surface area contributed by atoms with Crippen LogP contribution in [0.3, 0.4) is 0 Å². The number of ether oxygens (including phenoxy) is 1. The summed E-state index contributed by atoms with van der Waals surface area (Å²) in [6.45, 7) is 8.06. The van der Waals surface area contributed by atoms with E-state index in [1.54, 1.807) is 0 Å². The third kappa shape index (κ3) is 5.14. The maximum atomic E-state index is 12.9. The van der Waals surface area contributed by atoms with Crippen LogP contribution in [0.4, 0.5) is 5.69 Å². The SMILES string of the molecule is Cc1cccc(NC(=S)N(Cc2cc3cc(C)c(C)cc3[nH]c2=O)CC2CCCO2)c1. The van der Waals surface area contributed by atoms with Crippen molar-refractivity contribution in [2.45, 2.75) is 46.3 Å². The predicted molar refractivity (Wildman–Crippen MR) is 131 cm³/mol. The van der Waals surface area contributed by atoms with Gasteiger partial charge in [0.2, 0.25) is 0 Å². The number of H-pyrrole nitrogens is 1. The molecule has 1 unspecified atom stereocenters. The molecule has 31 heavy (non-hydrogen) atoms. The summed E-state index contributed by atoms with van der Waals surface area (Å²) in [6, 6.07) is 14.3. The number of benzene rings is 2. The number of rotatable bonds is 5. The summed E-state index contributed by atoms with van der Waals surface area (Å²) in [4.78, 5) is 17.9. The minimum absolute atomic E-state index is 0.0774. The second kappa shape index (κ2) is 9.20. The van der Waals surface area contributed by atoms with E-state index in [1.807, 2.05) is 29.2 Å². The molecule has 1 aromatic heterocycles. The third-order valence-electron chi connectivity index (χ3n) is 5.90. The summed E-state index contributed by atoms with van der Waals surface area (Å²) in [7, 11) is 0. The molecule has 2 N–H and O–H groups in total. The summed E-state index contributed by atoms with van der Waals surface area (Å²) in [5.74, 6) is 0. The molecule has 3 aromatic rings. The maximum absolute atomic E-state index is 12.9. The number of thiocarbonyl (C=S) groups is 1. The van der Waals surface area contributed by atoms with Gasteiger partial charge < -0.3 is 19.9 Å². The monoisotopic (exact) mass is 435 g/mol. The summed E-state index contributed by atoms with van der Waals surface area (Å²) in [5.41, 5.74) is 5.96. The Hall–Kier alpha value is -2.70. The van der Waals surface area contributed by atoms with Crippen molar-refractivity contribution in [3.8, 4) is 0 Å². The van der Waals surface area contributed by atoms with E-state index < -0.39 is 0 Å². The fourth-order valence-corrected chi connectivity index (χ4v) is 4.28. The van der Waals surface area contributed by atoms with Gasteiger partial charge in [-0.25, -0.2) is 0 Å². The molecule has 1 aliphatic rings. The van der Waals surface area contributed by atoms with Crippen LogP contribution in [0, 0.1) is 20.8 Å². The summed E-state index contributed by atoms with van der Waals surface area (Å²) in [6.07, 6.45) is 2.20. The van der Waals surface area contributed by atoms with Gasteiger partial charge in [0, 0.05) is 29.9 Å². The molecule has 0 aliphatic carbocycles. The van der Waals surface area contributed by atoms with Crippen molar-refractivity contribution in [2.24, 2.45) is 0 Å². The first-order chi connectivity index (χ1) is 14.9. The van der Waals surface area contributed by atoms with E-state index in [0.717, 1.165) is 41.6 Å². The second-order valence-corrected chi connectivity index (χ2v) is 8.85. The van der Waals surface area contributed by atoms with Gasteiger partial charge >= 0.3 is 0 Å². The number of nitrogens with zero attached hydrogens (tertiary/aromatic N) is 1. The fraction of sp³-hybridized carbons (Fsp3) is 0.360. The standard InChI is InChI=1S/C25H29N3O2S/c1-16-6-4-7-21(10-16)26-25(31)28(15-22-8-5-9-30-22)14-20-13-19-11-17(2)18(3)12-23(19)27-24(20)29/h4,6-7,10-13,22H,5,8-9,14-15H2,1-3H3,(H,26,31)(H,27,29). The molecule has 6 heteroatoms. The van der Waals surface area contributed by atoms with E-state index in [-0.39, 0.29) is 11.7 Å². The van der Waals surface area contributed by atoms with Crippen molar-refractivity contribution < 1.29 is 4.74 Å². The summed E-state index contributed by atoms with van der Waals surface area (Å²) >= 11 is 5.76. The van der Waals surface area contributed by atoms with Crippen LogP contribution in [0.5, 0.6) is 0 Å². The Bertz CT molecular complexity index is 1170.